The van der Waals surface area contributed by atoms with Gasteiger partial charge in [0.25, 0.3) is 5.91 Å². The molecule has 1 N–H and O–H groups in total. The highest BCUT2D eigenvalue weighted by Crippen LogP contribution is 2.42. The Kier molecular flexibility index (Phi) is 5.53. The second-order valence-electron chi connectivity index (χ2n) is 6.51. The van der Waals surface area contributed by atoms with E-state index in [1.165, 1.54) is 18.2 Å². The van der Waals surface area contributed by atoms with Crippen LogP contribution in [0.5, 0.6) is 0 Å². The molecule has 1 aliphatic rings. The molecule has 28 heavy (non-hydrogen) atoms. The van der Waals surface area contributed by atoms with E-state index in [2.05, 4.69) is 11.9 Å². The van der Waals surface area contributed by atoms with Crippen molar-refractivity contribution in [3.8, 4) is 0 Å². The number of hydrogen-bond acceptors (Lipinski definition) is 2. The molecule has 2 aromatic carbocycles. The van der Waals surface area contributed by atoms with Crippen LogP contribution in [0, 0.1) is 0 Å². The Balaban J connectivity index is 1.83. The van der Waals surface area contributed by atoms with Crippen LogP contribution in [-0.2, 0) is 17.8 Å². The van der Waals surface area contributed by atoms with Gasteiger partial charge in [-0.1, -0.05) is 43.0 Å². The van der Waals surface area contributed by atoms with Gasteiger partial charge < -0.3 is 10.2 Å². The summed E-state index contributed by atoms with van der Waals surface area (Å²) in [4.78, 5) is 24.9. The van der Waals surface area contributed by atoms with Crippen molar-refractivity contribution >= 4 is 11.8 Å². The van der Waals surface area contributed by atoms with Gasteiger partial charge in [0.05, 0.1) is 0 Å². The first kappa shape index (κ1) is 19.7. The SMILES string of the molecule is C=CC(=O)NCc1ccc(C(=O)N2CCc3ccccc3C2C(F)(F)F)cc1. The number of benzene rings is 2. The van der Waals surface area contributed by atoms with Crippen molar-refractivity contribution in [2.24, 2.45) is 0 Å². The number of fused-ring (bicyclic) bond motifs is 1. The van der Waals surface area contributed by atoms with Gasteiger partial charge in [0, 0.05) is 18.7 Å². The highest BCUT2D eigenvalue weighted by atomic mass is 19.4. The average Bonchev–Trinajstić information content (AvgIpc) is 2.70. The number of alkyl halides is 3. The third-order valence-electron chi connectivity index (χ3n) is 4.71. The Morgan fingerprint density at radius 3 is 2.46 bits per heavy atom. The molecule has 1 unspecified atom stereocenters. The molecule has 146 valence electrons. The maximum absolute atomic E-state index is 13.8. The zero-order valence-electron chi connectivity index (χ0n) is 15.0. The Labute approximate surface area is 160 Å². The standard InChI is InChI=1S/C21H19F3N2O2/c1-2-18(27)25-13-14-7-9-16(10-8-14)20(28)26-12-11-15-5-3-4-6-17(15)19(26)21(22,23)24/h2-10,19H,1,11-13H2,(H,25,27). The molecule has 1 atom stereocenters. The summed E-state index contributed by atoms with van der Waals surface area (Å²) in [7, 11) is 0. The minimum atomic E-state index is -4.57. The number of amides is 2. The fraction of sp³-hybridized carbons (Fsp3) is 0.238. The molecule has 3 rings (SSSR count). The van der Waals surface area contributed by atoms with Gasteiger partial charge in [0.15, 0.2) is 6.04 Å². The normalized spacial score (nSPS) is 16.2. The van der Waals surface area contributed by atoms with E-state index in [1.807, 2.05) is 0 Å². The van der Waals surface area contributed by atoms with Gasteiger partial charge in [-0.15, -0.1) is 0 Å². The van der Waals surface area contributed by atoms with E-state index in [1.54, 1.807) is 30.3 Å². The van der Waals surface area contributed by atoms with Crippen LogP contribution in [-0.4, -0.2) is 29.4 Å². The molecule has 7 heteroatoms. The first-order valence-electron chi connectivity index (χ1n) is 8.76. The van der Waals surface area contributed by atoms with Gasteiger partial charge in [0.1, 0.15) is 0 Å². The summed E-state index contributed by atoms with van der Waals surface area (Å²) in [5.41, 5.74) is 1.64. The molecule has 4 nitrogen and oxygen atoms in total. The van der Waals surface area contributed by atoms with E-state index >= 15 is 0 Å². The van der Waals surface area contributed by atoms with Gasteiger partial charge in [-0.3, -0.25) is 9.59 Å². The minimum absolute atomic E-state index is 0.00281. The number of nitrogens with zero attached hydrogens (tertiary/aromatic N) is 1. The lowest BCUT2D eigenvalue weighted by atomic mass is 9.91. The number of nitrogens with one attached hydrogen (secondary N) is 1. The number of rotatable bonds is 4. The Bertz CT molecular complexity index is 891. The molecule has 0 aliphatic carbocycles. The summed E-state index contributed by atoms with van der Waals surface area (Å²) >= 11 is 0. The summed E-state index contributed by atoms with van der Waals surface area (Å²) in [6.45, 7) is 3.59. The predicted molar refractivity (Wildman–Crippen MR) is 98.5 cm³/mol. The zero-order valence-corrected chi connectivity index (χ0v) is 15.0. The molecule has 0 aromatic heterocycles. The number of halogens is 3. The van der Waals surface area contributed by atoms with E-state index in [-0.39, 0.29) is 30.1 Å². The monoisotopic (exact) mass is 388 g/mol. The third kappa shape index (κ3) is 4.08. The van der Waals surface area contributed by atoms with Gasteiger partial charge in [-0.05, 0) is 41.3 Å². The minimum Gasteiger partial charge on any atom is -0.348 e. The lowest BCUT2D eigenvalue weighted by Gasteiger charge is -2.38. The van der Waals surface area contributed by atoms with Crippen LogP contribution in [0.15, 0.2) is 61.2 Å². The average molecular weight is 388 g/mol. The molecule has 0 spiro atoms. The van der Waals surface area contributed by atoms with Crippen molar-refractivity contribution in [3.05, 3.63) is 83.4 Å². The smallest absolute Gasteiger partial charge is 0.348 e. The van der Waals surface area contributed by atoms with Crippen LogP contribution >= 0.6 is 0 Å². The number of carbonyl (C=O) groups excluding carboxylic acids is 2. The maximum atomic E-state index is 13.8. The zero-order chi connectivity index (χ0) is 20.3. The van der Waals surface area contributed by atoms with Crippen molar-refractivity contribution in [1.29, 1.82) is 0 Å². The van der Waals surface area contributed by atoms with Crippen molar-refractivity contribution in [1.82, 2.24) is 10.2 Å². The summed E-state index contributed by atoms with van der Waals surface area (Å²) in [5, 5.41) is 2.60. The van der Waals surface area contributed by atoms with Crippen molar-refractivity contribution < 1.29 is 22.8 Å². The van der Waals surface area contributed by atoms with E-state index in [0.717, 1.165) is 16.5 Å². The molecule has 0 fully saturated rings. The number of hydrogen-bond donors (Lipinski definition) is 1. The first-order chi connectivity index (χ1) is 13.3. The predicted octanol–water partition coefficient (Wildman–Crippen LogP) is 3.79. The molecule has 2 aromatic rings. The maximum Gasteiger partial charge on any atom is 0.413 e. The summed E-state index contributed by atoms with van der Waals surface area (Å²) in [5.74, 6) is -1.00. The molecule has 2 amide bonds. The van der Waals surface area contributed by atoms with Crippen LogP contribution in [0.4, 0.5) is 13.2 Å². The first-order valence-corrected chi connectivity index (χ1v) is 8.76. The number of carbonyl (C=O) groups is 2. The van der Waals surface area contributed by atoms with Crippen molar-refractivity contribution in [2.75, 3.05) is 6.54 Å². The molecule has 0 saturated heterocycles. The van der Waals surface area contributed by atoms with Crippen LogP contribution in [0.3, 0.4) is 0 Å². The van der Waals surface area contributed by atoms with Gasteiger partial charge in [-0.25, -0.2) is 0 Å². The topological polar surface area (TPSA) is 49.4 Å². The van der Waals surface area contributed by atoms with Crippen LogP contribution in [0.25, 0.3) is 0 Å². The van der Waals surface area contributed by atoms with Crippen molar-refractivity contribution in [3.63, 3.8) is 0 Å². The second kappa shape index (κ2) is 7.88. The lowest BCUT2D eigenvalue weighted by molar-refractivity contribution is -0.181. The summed E-state index contributed by atoms with van der Waals surface area (Å²) in [6.07, 6.45) is -3.05. The third-order valence-corrected chi connectivity index (χ3v) is 4.71. The summed E-state index contributed by atoms with van der Waals surface area (Å²) < 4.78 is 41.3. The fourth-order valence-electron chi connectivity index (χ4n) is 3.33. The molecule has 1 aliphatic heterocycles. The van der Waals surface area contributed by atoms with Crippen molar-refractivity contribution in [2.45, 2.75) is 25.2 Å². The van der Waals surface area contributed by atoms with E-state index in [4.69, 9.17) is 0 Å². The highest BCUT2D eigenvalue weighted by molar-refractivity contribution is 5.95. The van der Waals surface area contributed by atoms with Gasteiger partial charge in [-0.2, -0.15) is 13.2 Å². The second-order valence-corrected chi connectivity index (χ2v) is 6.51. The lowest BCUT2D eigenvalue weighted by Crippen LogP contribution is -2.46. The molecule has 1 heterocycles. The van der Waals surface area contributed by atoms with E-state index < -0.39 is 18.1 Å². The van der Waals surface area contributed by atoms with E-state index in [9.17, 15) is 22.8 Å². The quantitative estimate of drug-likeness (QED) is 0.811. The molecule has 0 bridgehead atoms. The Hall–Kier alpha value is -3.09. The van der Waals surface area contributed by atoms with Crippen LogP contribution in [0.2, 0.25) is 0 Å². The molecule has 0 saturated carbocycles. The van der Waals surface area contributed by atoms with Crippen LogP contribution in [0.1, 0.15) is 33.1 Å². The highest BCUT2D eigenvalue weighted by Gasteiger charge is 2.48. The molecular formula is C21H19F3N2O2. The van der Waals surface area contributed by atoms with Gasteiger partial charge >= 0.3 is 6.18 Å². The Morgan fingerprint density at radius 1 is 1.14 bits per heavy atom. The van der Waals surface area contributed by atoms with E-state index in [0.29, 0.717) is 12.0 Å². The molecule has 0 radical (unpaired) electrons. The van der Waals surface area contributed by atoms with Crippen LogP contribution < -0.4 is 5.32 Å². The largest absolute Gasteiger partial charge is 0.413 e. The van der Waals surface area contributed by atoms with Gasteiger partial charge in [0.2, 0.25) is 5.91 Å². The Morgan fingerprint density at radius 2 is 1.82 bits per heavy atom. The summed E-state index contributed by atoms with van der Waals surface area (Å²) in [6, 6.07) is 10.6. The molecular weight excluding hydrogens is 369 g/mol. The fourth-order valence-corrected chi connectivity index (χ4v) is 3.33.